The predicted molar refractivity (Wildman–Crippen MR) is 88.3 cm³/mol. The van der Waals surface area contributed by atoms with Crippen LogP contribution in [0.4, 0.5) is 0 Å². The number of rotatable bonds is 5. The van der Waals surface area contributed by atoms with Gasteiger partial charge < -0.3 is 15.9 Å². The van der Waals surface area contributed by atoms with Crippen molar-refractivity contribution in [2.45, 2.75) is 18.4 Å². The fraction of sp³-hybridized carbons (Fsp3) is 0.263. The van der Waals surface area contributed by atoms with Gasteiger partial charge in [0.1, 0.15) is 0 Å². The predicted octanol–water partition coefficient (Wildman–Crippen LogP) is 1.70. The largest absolute Gasteiger partial charge is 0.394 e. The average molecular weight is 295 g/mol. The molecule has 0 fully saturated rings. The Balaban J connectivity index is 1.98. The van der Waals surface area contributed by atoms with Crippen molar-refractivity contribution in [3.63, 3.8) is 0 Å². The number of aryl methyl sites for hydroxylation is 1. The average Bonchev–Trinajstić information content (AvgIpc) is 2.59. The number of hydrogen-bond donors (Lipinski definition) is 3. The molecular formula is C19H21NO2. The van der Waals surface area contributed by atoms with E-state index in [-0.39, 0.29) is 13.2 Å². The summed E-state index contributed by atoms with van der Waals surface area (Å²) < 4.78 is 0. The summed E-state index contributed by atoms with van der Waals surface area (Å²) in [5.41, 5.74) is 8.01. The van der Waals surface area contributed by atoms with Crippen molar-refractivity contribution in [3.8, 4) is 11.8 Å². The lowest BCUT2D eigenvalue weighted by atomic mass is 9.94. The Morgan fingerprint density at radius 1 is 0.818 bits per heavy atom. The lowest BCUT2D eigenvalue weighted by molar-refractivity contribution is 0.115. The van der Waals surface area contributed by atoms with Crippen molar-refractivity contribution in [2.24, 2.45) is 5.73 Å². The van der Waals surface area contributed by atoms with Gasteiger partial charge in [-0.25, -0.2) is 0 Å². The maximum atomic E-state index is 9.18. The maximum Gasteiger partial charge on any atom is 0.0633 e. The molecule has 3 heteroatoms. The molecule has 0 radical (unpaired) electrons. The van der Waals surface area contributed by atoms with E-state index >= 15 is 0 Å². The second kappa shape index (κ2) is 7.77. The highest BCUT2D eigenvalue weighted by Gasteiger charge is 2.22. The minimum atomic E-state index is -0.911. The highest BCUT2D eigenvalue weighted by molar-refractivity contribution is 5.43. The third-order valence-corrected chi connectivity index (χ3v) is 3.62. The summed E-state index contributed by atoms with van der Waals surface area (Å²) in [6, 6.07) is 17.8. The Hall–Kier alpha value is -2.12. The molecule has 22 heavy (non-hydrogen) atoms. The summed E-state index contributed by atoms with van der Waals surface area (Å²) in [7, 11) is 0. The summed E-state index contributed by atoms with van der Waals surface area (Å²) in [5.74, 6) is 6.25. The second-order valence-corrected chi connectivity index (χ2v) is 5.49. The van der Waals surface area contributed by atoms with Crippen LogP contribution in [0.15, 0.2) is 54.6 Å². The van der Waals surface area contributed by atoms with E-state index in [1.165, 1.54) is 0 Å². The Morgan fingerprint density at radius 2 is 1.36 bits per heavy atom. The van der Waals surface area contributed by atoms with Crippen molar-refractivity contribution < 1.29 is 10.2 Å². The number of aliphatic hydroxyl groups excluding tert-OH is 2. The zero-order chi connectivity index (χ0) is 15.8. The van der Waals surface area contributed by atoms with Crippen LogP contribution in [0.5, 0.6) is 0 Å². The van der Waals surface area contributed by atoms with Gasteiger partial charge in [-0.2, -0.15) is 0 Å². The Labute approximate surface area is 131 Å². The molecule has 114 valence electrons. The first-order chi connectivity index (χ1) is 10.6. The third-order valence-electron chi connectivity index (χ3n) is 3.62. The van der Waals surface area contributed by atoms with Crippen molar-refractivity contribution in [2.75, 3.05) is 13.2 Å². The molecule has 0 heterocycles. The van der Waals surface area contributed by atoms with E-state index in [1.807, 2.05) is 54.6 Å². The van der Waals surface area contributed by atoms with E-state index in [0.29, 0.717) is 12.8 Å². The van der Waals surface area contributed by atoms with Crippen LogP contribution >= 0.6 is 0 Å². The molecule has 0 bridgehead atoms. The summed E-state index contributed by atoms with van der Waals surface area (Å²) in [6.45, 7) is -0.436. The molecule has 2 aromatic carbocycles. The SMILES string of the molecule is NC(CO)(CO)CCc1ccc(C#Cc2ccccc2)cc1. The van der Waals surface area contributed by atoms with Crippen LogP contribution in [-0.2, 0) is 6.42 Å². The molecule has 2 rings (SSSR count). The third kappa shape index (κ3) is 4.71. The van der Waals surface area contributed by atoms with Gasteiger partial charge in [0.05, 0.1) is 18.8 Å². The fourth-order valence-electron chi connectivity index (χ4n) is 2.02. The zero-order valence-corrected chi connectivity index (χ0v) is 12.5. The quantitative estimate of drug-likeness (QED) is 0.736. The van der Waals surface area contributed by atoms with Crippen molar-refractivity contribution in [3.05, 3.63) is 71.3 Å². The summed E-state index contributed by atoms with van der Waals surface area (Å²) >= 11 is 0. The molecule has 0 atom stereocenters. The first-order valence-electron chi connectivity index (χ1n) is 7.32. The normalized spacial score (nSPS) is 10.9. The van der Waals surface area contributed by atoms with Crippen LogP contribution in [0.3, 0.4) is 0 Å². The van der Waals surface area contributed by atoms with E-state index in [1.54, 1.807) is 0 Å². The Morgan fingerprint density at radius 3 is 1.91 bits per heavy atom. The Kier molecular flexibility index (Phi) is 5.74. The molecule has 0 spiro atoms. The number of nitrogens with two attached hydrogens (primary N) is 1. The highest BCUT2D eigenvalue weighted by Crippen LogP contribution is 2.12. The van der Waals surface area contributed by atoms with Crippen LogP contribution in [0.2, 0.25) is 0 Å². The molecule has 0 saturated carbocycles. The van der Waals surface area contributed by atoms with Gasteiger partial charge in [0.2, 0.25) is 0 Å². The smallest absolute Gasteiger partial charge is 0.0633 e. The van der Waals surface area contributed by atoms with E-state index in [4.69, 9.17) is 5.73 Å². The molecule has 2 aromatic rings. The van der Waals surface area contributed by atoms with Crippen molar-refractivity contribution >= 4 is 0 Å². The second-order valence-electron chi connectivity index (χ2n) is 5.49. The fourth-order valence-corrected chi connectivity index (χ4v) is 2.02. The molecule has 3 nitrogen and oxygen atoms in total. The van der Waals surface area contributed by atoms with Gasteiger partial charge in [-0.3, -0.25) is 0 Å². The molecule has 4 N–H and O–H groups in total. The summed E-state index contributed by atoms with van der Waals surface area (Å²) in [4.78, 5) is 0. The van der Waals surface area contributed by atoms with Crippen LogP contribution in [0, 0.1) is 11.8 Å². The van der Waals surface area contributed by atoms with Gasteiger partial charge in [-0.1, -0.05) is 42.2 Å². The van der Waals surface area contributed by atoms with Crippen LogP contribution in [0.25, 0.3) is 0 Å². The maximum absolute atomic E-state index is 9.18. The summed E-state index contributed by atoms with van der Waals surface area (Å²) in [6.07, 6.45) is 1.25. The van der Waals surface area contributed by atoms with Gasteiger partial charge >= 0.3 is 0 Å². The van der Waals surface area contributed by atoms with Gasteiger partial charge in [-0.05, 0) is 42.7 Å². The standard InChI is InChI=1S/C19H21NO2/c20-19(14-21,15-22)13-12-18-10-8-17(9-11-18)7-6-16-4-2-1-3-5-16/h1-5,8-11,21-22H,12-15,20H2. The highest BCUT2D eigenvalue weighted by atomic mass is 16.3. The molecule has 0 aliphatic heterocycles. The molecule has 0 amide bonds. The first-order valence-corrected chi connectivity index (χ1v) is 7.32. The summed E-state index contributed by atoms with van der Waals surface area (Å²) in [5, 5.41) is 18.4. The molecule has 0 aliphatic carbocycles. The lowest BCUT2D eigenvalue weighted by Gasteiger charge is -2.24. The van der Waals surface area contributed by atoms with E-state index < -0.39 is 5.54 Å². The van der Waals surface area contributed by atoms with Gasteiger partial charge in [0.25, 0.3) is 0 Å². The first kappa shape index (κ1) is 16.3. The number of hydrogen-bond acceptors (Lipinski definition) is 3. The van der Waals surface area contributed by atoms with E-state index in [0.717, 1.165) is 16.7 Å². The zero-order valence-electron chi connectivity index (χ0n) is 12.5. The lowest BCUT2D eigenvalue weighted by Crippen LogP contribution is -2.47. The minimum absolute atomic E-state index is 0.218. The Bertz CT molecular complexity index is 635. The molecular weight excluding hydrogens is 274 g/mol. The molecule has 0 aliphatic rings. The monoisotopic (exact) mass is 295 g/mol. The van der Waals surface area contributed by atoms with E-state index in [9.17, 15) is 10.2 Å². The van der Waals surface area contributed by atoms with E-state index in [2.05, 4.69) is 11.8 Å². The van der Waals surface area contributed by atoms with Gasteiger partial charge in [0.15, 0.2) is 0 Å². The van der Waals surface area contributed by atoms with Gasteiger partial charge in [-0.15, -0.1) is 0 Å². The minimum Gasteiger partial charge on any atom is -0.394 e. The molecule has 0 aromatic heterocycles. The number of aliphatic hydroxyl groups is 2. The molecule has 0 unspecified atom stereocenters. The van der Waals surface area contributed by atoms with Crippen LogP contribution in [0.1, 0.15) is 23.1 Å². The number of benzene rings is 2. The molecule has 0 saturated heterocycles. The van der Waals surface area contributed by atoms with Crippen molar-refractivity contribution in [1.82, 2.24) is 0 Å². The topological polar surface area (TPSA) is 66.5 Å². The van der Waals surface area contributed by atoms with Crippen molar-refractivity contribution in [1.29, 1.82) is 0 Å². The van der Waals surface area contributed by atoms with Crippen LogP contribution < -0.4 is 5.73 Å². The van der Waals surface area contributed by atoms with Gasteiger partial charge in [0, 0.05) is 11.1 Å². The van der Waals surface area contributed by atoms with Crippen LogP contribution in [-0.4, -0.2) is 29.0 Å².